The van der Waals surface area contributed by atoms with Crippen LogP contribution in [0.1, 0.15) is 23.7 Å². The maximum absolute atomic E-state index is 13.3. The molecule has 5 nitrogen and oxygen atoms in total. The third-order valence-electron chi connectivity index (χ3n) is 2.92. The van der Waals surface area contributed by atoms with E-state index in [9.17, 15) is 13.6 Å². The Kier molecular flexibility index (Phi) is 3.80. The van der Waals surface area contributed by atoms with Gasteiger partial charge < -0.3 is 9.64 Å². The van der Waals surface area contributed by atoms with Gasteiger partial charge in [-0.25, -0.2) is 13.6 Å². The number of alkyl halides is 2. The highest BCUT2D eigenvalue weighted by Gasteiger charge is 2.41. The zero-order chi connectivity index (χ0) is 14.2. The third-order valence-corrected chi connectivity index (χ3v) is 3.48. The van der Waals surface area contributed by atoms with Gasteiger partial charge in [-0.1, -0.05) is 0 Å². The van der Waals surface area contributed by atoms with E-state index in [0.29, 0.717) is 10.4 Å². The van der Waals surface area contributed by atoms with Gasteiger partial charge in [0.2, 0.25) is 0 Å². The number of esters is 1. The number of hydrogen-bond acceptors (Lipinski definition) is 4. The number of anilines is 1. The topological polar surface area (TPSA) is 47.4 Å². The van der Waals surface area contributed by atoms with Crippen LogP contribution in [0.5, 0.6) is 0 Å². The molecule has 0 N–H and O–H groups in total. The first-order valence-corrected chi connectivity index (χ1v) is 6.67. The van der Waals surface area contributed by atoms with Crippen molar-refractivity contribution >= 4 is 27.7 Å². The molecule has 1 aliphatic heterocycles. The second-order valence-corrected chi connectivity index (χ2v) is 5.11. The number of ether oxygens (including phenoxy) is 1. The molecule has 0 aromatic carbocycles. The van der Waals surface area contributed by atoms with Gasteiger partial charge in [0.15, 0.2) is 0 Å². The van der Waals surface area contributed by atoms with Crippen LogP contribution in [0.4, 0.5) is 14.6 Å². The molecule has 0 unspecified atom stereocenters. The van der Waals surface area contributed by atoms with E-state index in [4.69, 9.17) is 4.74 Å². The Morgan fingerprint density at radius 3 is 2.79 bits per heavy atom. The molecule has 8 heteroatoms. The molecular formula is C11H14BrF2N3O2. The molecule has 0 radical (unpaired) electrons. The quantitative estimate of drug-likeness (QED) is 0.793. The van der Waals surface area contributed by atoms with Crippen LogP contribution >= 0.6 is 15.9 Å². The van der Waals surface area contributed by atoms with Gasteiger partial charge in [0.05, 0.1) is 13.2 Å². The van der Waals surface area contributed by atoms with Crippen molar-refractivity contribution in [3.8, 4) is 0 Å². The summed E-state index contributed by atoms with van der Waals surface area (Å²) in [7, 11) is 1.61. The van der Waals surface area contributed by atoms with Crippen LogP contribution in [0.2, 0.25) is 0 Å². The lowest BCUT2D eigenvalue weighted by atomic mass is 10.3. The fourth-order valence-electron chi connectivity index (χ4n) is 2.14. The maximum Gasteiger partial charge on any atom is 0.344 e. The molecule has 2 heterocycles. The van der Waals surface area contributed by atoms with Gasteiger partial charge in [-0.15, -0.1) is 0 Å². The fourth-order valence-corrected chi connectivity index (χ4v) is 2.72. The lowest BCUT2D eigenvalue weighted by Crippen LogP contribution is -2.28. The highest BCUT2D eigenvalue weighted by molar-refractivity contribution is 9.10. The van der Waals surface area contributed by atoms with Crippen molar-refractivity contribution in [2.75, 3.05) is 24.6 Å². The monoisotopic (exact) mass is 337 g/mol. The Hall–Kier alpha value is -1.18. The van der Waals surface area contributed by atoms with E-state index in [1.807, 2.05) is 0 Å². The fraction of sp³-hybridized carbons (Fsp3) is 0.636. The molecule has 0 amide bonds. The second-order valence-electron chi connectivity index (χ2n) is 4.36. The number of carbonyl (C=O) groups excluding carboxylic acids is 1. The Labute approximate surface area is 117 Å². The average Bonchev–Trinajstić information content (AvgIpc) is 2.78. The highest BCUT2D eigenvalue weighted by atomic mass is 79.9. The van der Waals surface area contributed by atoms with Gasteiger partial charge in [0, 0.05) is 20.0 Å². The number of aromatic nitrogens is 2. The Balaban J connectivity index is 2.37. The molecule has 1 aromatic heterocycles. The van der Waals surface area contributed by atoms with Crippen LogP contribution in [0.15, 0.2) is 4.60 Å². The lowest BCUT2D eigenvalue weighted by Gasteiger charge is -2.19. The van der Waals surface area contributed by atoms with Crippen molar-refractivity contribution in [1.29, 1.82) is 0 Å². The summed E-state index contributed by atoms with van der Waals surface area (Å²) in [5, 5.41) is 4.05. The van der Waals surface area contributed by atoms with Crippen molar-refractivity contribution in [2.24, 2.45) is 7.05 Å². The third kappa shape index (κ3) is 2.72. The first kappa shape index (κ1) is 14.2. The van der Waals surface area contributed by atoms with Gasteiger partial charge in [0.25, 0.3) is 5.92 Å². The Morgan fingerprint density at radius 1 is 1.58 bits per heavy atom. The Morgan fingerprint density at radius 2 is 2.26 bits per heavy atom. The predicted molar refractivity (Wildman–Crippen MR) is 68.6 cm³/mol. The Bertz CT molecular complexity index is 504. The first-order chi connectivity index (χ1) is 8.85. The first-order valence-electron chi connectivity index (χ1n) is 5.88. The van der Waals surface area contributed by atoms with Crippen LogP contribution < -0.4 is 4.90 Å². The van der Waals surface area contributed by atoms with Crippen LogP contribution in [0, 0.1) is 0 Å². The molecule has 19 heavy (non-hydrogen) atoms. The number of halogens is 3. The van der Waals surface area contributed by atoms with E-state index in [0.717, 1.165) is 0 Å². The summed E-state index contributed by atoms with van der Waals surface area (Å²) in [6.07, 6.45) is -0.224. The molecule has 1 saturated heterocycles. The minimum absolute atomic E-state index is 0.186. The van der Waals surface area contributed by atoms with Crippen molar-refractivity contribution in [3.05, 3.63) is 10.2 Å². The lowest BCUT2D eigenvalue weighted by molar-refractivity contribution is 0.0255. The molecular weight excluding hydrogens is 324 g/mol. The van der Waals surface area contributed by atoms with E-state index < -0.39 is 18.4 Å². The van der Waals surface area contributed by atoms with E-state index in [-0.39, 0.29) is 25.1 Å². The number of nitrogens with zero attached hydrogens (tertiary/aromatic N) is 3. The van der Waals surface area contributed by atoms with Gasteiger partial charge in [-0.05, 0) is 22.9 Å². The number of rotatable bonds is 3. The van der Waals surface area contributed by atoms with Gasteiger partial charge >= 0.3 is 5.97 Å². The number of carbonyl (C=O) groups is 1. The number of hydrogen-bond donors (Lipinski definition) is 0. The predicted octanol–water partition coefficient (Wildman–Crippen LogP) is 2.20. The maximum atomic E-state index is 13.3. The SMILES string of the molecule is CCOC(=O)c1c(Br)nn(C)c1N1CCC(F)(F)C1. The summed E-state index contributed by atoms with van der Waals surface area (Å²) >= 11 is 3.17. The highest BCUT2D eigenvalue weighted by Crippen LogP contribution is 2.35. The molecule has 1 aliphatic rings. The molecule has 0 spiro atoms. The second kappa shape index (κ2) is 5.07. The van der Waals surface area contributed by atoms with E-state index in [2.05, 4.69) is 21.0 Å². The van der Waals surface area contributed by atoms with E-state index in [1.165, 1.54) is 9.58 Å². The van der Waals surface area contributed by atoms with Crippen LogP contribution in [-0.4, -0.2) is 41.4 Å². The van der Waals surface area contributed by atoms with E-state index in [1.54, 1.807) is 14.0 Å². The molecule has 0 aliphatic carbocycles. The zero-order valence-electron chi connectivity index (χ0n) is 10.6. The van der Waals surface area contributed by atoms with Crippen molar-refractivity contribution in [1.82, 2.24) is 9.78 Å². The molecule has 1 aromatic rings. The standard InChI is InChI=1S/C11H14BrF2N3O2/c1-3-19-10(18)7-8(12)15-16(2)9(7)17-5-4-11(13,14)6-17/h3-6H2,1-2H3. The van der Waals surface area contributed by atoms with Crippen LogP contribution in [0.25, 0.3) is 0 Å². The van der Waals surface area contributed by atoms with Gasteiger partial charge in [0.1, 0.15) is 16.0 Å². The molecule has 0 saturated carbocycles. The largest absolute Gasteiger partial charge is 0.462 e. The molecule has 0 atom stereocenters. The van der Waals surface area contributed by atoms with E-state index >= 15 is 0 Å². The molecule has 106 valence electrons. The summed E-state index contributed by atoms with van der Waals surface area (Å²) in [4.78, 5) is 13.4. The minimum Gasteiger partial charge on any atom is -0.462 e. The van der Waals surface area contributed by atoms with Crippen molar-refractivity contribution in [2.45, 2.75) is 19.3 Å². The average molecular weight is 338 g/mol. The summed E-state index contributed by atoms with van der Waals surface area (Å²) < 4.78 is 33.3. The summed E-state index contributed by atoms with van der Waals surface area (Å²) in [5.41, 5.74) is 0.196. The smallest absolute Gasteiger partial charge is 0.344 e. The van der Waals surface area contributed by atoms with Gasteiger partial charge in [-0.3, -0.25) is 4.68 Å². The van der Waals surface area contributed by atoms with Crippen molar-refractivity contribution < 1.29 is 18.3 Å². The summed E-state index contributed by atoms with van der Waals surface area (Å²) in [6, 6.07) is 0. The molecule has 2 rings (SSSR count). The summed E-state index contributed by atoms with van der Waals surface area (Å²) in [6.45, 7) is 1.68. The molecule has 1 fully saturated rings. The summed E-state index contributed by atoms with van der Waals surface area (Å²) in [5.74, 6) is -2.93. The zero-order valence-corrected chi connectivity index (χ0v) is 12.2. The normalized spacial score (nSPS) is 17.8. The van der Waals surface area contributed by atoms with Crippen LogP contribution in [0.3, 0.4) is 0 Å². The van der Waals surface area contributed by atoms with Crippen molar-refractivity contribution in [3.63, 3.8) is 0 Å². The van der Waals surface area contributed by atoms with Crippen LogP contribution in [-0.2, 0) is 11.8 Å². The van der Waals surface area contributed by atoms with Gasteiger partial charge in [-0.2, -0.15) is 5.10 Å². The number of aryl methyl sites for hydroxylation is 1. The molecule has 0 bridgehead atoms. The minimum atomic E-state index is -2.73.